The molecule has 0 amide bonds. The maximum absolute atomic E-state index is 11.8. The van der Waals surface area contributed by atoms with E-state index in [9.17, 15) is 8.42 Å². The Kier molecular flexibility index (Phi) is 5.31. The van der Waals surface area contributed by atoms with E-state index in [0.29, 0.717) is 23.4 Å². The van der Waals surface area contributed by atoms with Crippen LogP contribution >= 0.6 is 0 Å². The van der Waals surface area contributed by atoms with E-state index in [-0.39, 0.29) is 4.90 Å². The number of hydrogen-bond acceptors (Lipinski definition) is 7. The first kappa shape index (κ1) is 19.5. The van der Waals surface area contributed by atoms with E-state index < -0.39 is 9.84 Å². The molecule has 8 nitrogen and oxygen atoms in total. The van der Waals surface area contributed by atoms with Gasteiger partial charge >= 0.3 is 0 Å². The fourth-order valence-electron chi connectivity index (χ4n) is 3.67. The molecular weight excluding hydrogens is 390 g/mol. The normalized spacial score (nSPS) is 15.4. The van der Waals surface area contributed by atoms with Gasteiger partial charge in [0.15, 0.2) is 9.84 Å². The Bertz CT molecular complexity index is 1120. The van der Waals surface area contributed by atoms with Crippen LogP contribution in [0.25, 0.3) is 11.0 Å². The zero-order valence-corrected chi connectivity index (χ0v) is 17.3. The van der Waals surface area contributed by atoms with Crippen molar-refractivity contribution in [1.29, 1.82) is 0 Å². The summed E-state index contributed by atoms with van der Waals surface area (Å²) in [6.45, 7) is 0. The van der Waals surface area contributed by atoms with Crippen LogP contribution < -0.4 is 15.4 Å². The number of sulfone groups is 1. The van der Waals surface area contributed by atoms with Gasteiger partial charge in [0.05, 0.1) is 23.1 Å². The van der Waals surface area contributed by atoms with Gasteiger partial charge in [0.25, 0.3) is 0 Å². The molecule has 1 aliphatic carbocycles. The number of aromatic nitrogens is 3. The van der Waals surface area contributed by atoms with Crippen molar-refractivity contribution in [3.05, 3.63) is 30.5 Å². The second-order valence-corrected chi connectivity index (χ2v) is 9.39. The molecule has 4 rings (SSSR count). The summed E-state index contributed by atoms with van der Waals surface area (Å²) < 4.78 is 29.0. The molecule has 0 aliphatic heterocycles. The Labute approximate surface area is 170 Å². The predicted molar refractivity (Wildman–Crippen MR) is 114 cm³/mol. The first-order valence-corrected chi connectivity index (χ1v) is 11.6. The summed E-state index contributed by atoms with van der Waals surface area (Å²) in [6, 6.07) is 7.06. The van der Waals surface area contributed by atoms with Gasteiger partial charge in [-0.3, -0.25) is 0 Å². The van der Waals surface area contributed by atoms with E-state index in [4.69, 9.17) is 4.74 Å². The summed E-state index contributed by atoms with van der Waals surface area (Å²) in [6.07, 6.45) is 9.04. The molecule has 0 saturated heterocycles. The molecular formula is C20H25N5O3S. The molecule has 3 aromatic rings. The fourth-order valence-corrected chi connectivity index (χ4v) is 4.31. The number of methoxy groups -OCH3 is 1. The van der Waals surface area contributed by atoms with Crippen molar-refractivity contribution in [1.82, 2.24) is 15.0 Å². The molecule has 3 N–H and O–H groups in total. The Morgan fingerprint density at radius 3 is 2.66 bits per heavy atom. The standard InChI is InChI=1S/C20H25N5O3S/c1-28-17-12-14(29(2,26)27)8-9-16(17)23-20-24-18-15(10-11-21-18)19(25-20)22-13-6-4-3-5-7-13/h8-13H,3-7H2,1-2H3,(H3,21,22,23,24,25). The average Bonchev–Trinajstić information content (AvgIpc) is 3.17. The summed E-state index contributed by atoms with van der Waals surface area (Å²) in [5, 5.41) is 7.68. The molecule has 29 heavy (non-hydrogen) atoms. The van der Waals surface area contributed by atoms with Gasteiger partial charge in [-0.05, 0) is 31.0 Å². The number of ether oxygens (including phenoxy) is 1. The third-order valence-corrected chi connectivity index (χ3v) is 6.32. The van der Waals surface area contributed by atoms with E-state index in [1.807, 2.05) is 12.3 Å². The minimum atomic E-state index is -3.32. The van der Waals surface area contributed by atoms with Gasteiger partial charge in [0, 0.05) is 24.6 Å². The van der Waals surface area contributed by atoms with Crippen LogP contribution in [-0.4, -0.2) is 42.8 Å². The van der Waals surface area contributed by atoms with Gasteiger partial charge in [0.2, 0.25) is 5.95 Å². The van der Waals surface area contributed by atoms with E-state index in [0.717, 1.165) is 29.7 Å². The third kappa shape index (κ3) is 4.29. The highest BCUT2D eigenvalue weighted by Gasteiger charge is 2.18. The van der Waals surface area contributed by atoms with Gasteiger partial charge in [-0.2, -0.15) is 9.97 Å². The molecule has 0 radical (unpaired) electrons. The van der Waals surface area contributed by atoms with Crippen molar-refractivity contribution in [3.63, 3.8) is 0 Å². The van der Waals surface area contributed by atoms with Crippen LogP contribution in [0.5, 0.6) is 5.75 Å². The molecule has 0 atom stereocenters. The van der Waals surface area contributed by atoms with Crippen LogP contribution in [0.1, 0.15) is 32.1 Å². The first-order valence-electron chi connectivity index (χ1n) is 9.71. The smallest absolute Gasteiger partial charge is 0.231 e. The second kappa shape index (κ2) is 7.90. The number of anilines is 3. The van der Waals surface area contributed by atoms with E-state index >= 15 is 0 Å². The Hall–Kier alpha value is -2.81. The van der Waals surface area contributed by atoms with Crippen molar-refractivity contribution >= 4 is 38.3 Å². The number of rotatable bonds is 6. The zero-order valence-electron chi connectivity index (χ0n) is 16.5. The molecule has 2 heterocycles. The molecule has 0 bridgehead atoms. The summed E-state index contributed by atoms with van der Waals surface area (Å²) >= 11 is 0. The Morgan fingerprint density at radius 2 is 1.93 bits per heavy atom. The molecule has 1 aliphatic rings. The number of aromatic amines is 1. The Morgan fingerprint density at radius 1 is 1.14 bits per heavy atom. The average molecular weight is 416 g/mol. The molecule has 1 saturated carbocycles. The molecule has 2 aromatic heterocycles. The van der Waals surface area contributed by atoms with Crippen molar-refractivity contribution in [2.45, 2.75) is 43.0 Å². The van der Waals surface area contributed by atoms with Crippen LogP contribution in [-0.2, 0) is 9.84 Å². The van der Waals surface area contributed by atoms with Crippen molar-refractivity contribution in [3.8, 4) is 5.75 Å². The monoisotopic (exact) mass is 415 g/mol. The topological polar surface area (TPSA) is 109 Å². The lowest BCUT2D eigenvalue weighted by Crippen LogP contribution is -2.23. The van der Waals surface area contributed by atoms with E-state index in [2.05, 4.69) is 25.6 Å². The number of nitrogens with zero attached hydrogens (tertiary/aromatic N) is 2. The van der Waals surface area contributed by atoms with Crippen molar-refractivity contribution < 1.29 is 13.2 Å². The Balaban J connectivity index is 1.66. The molecule has 0 unspecified atom stereocenters. The van der Waals surface area contributed by atoms with Crippen LogP contribution in [0.2, 0.25) is 0 Å². The van der Waals surface area contributed by atoms with Crippen LogP contribution in [0.15, 0.2) is 35.4 Å². The fraction of sp³-hybridized carbons (Fsp3) is 0.400. The number of benzene rings is 1. The van der Waals surface area contributed by atoms with Crippen molar-refractivity contribution in [2.75, 3.05) is 24.0 Å². The minimum absolute atomic E-state index is 0.195. The summed E-state index contributed by atoms with van der Waals surface area (Å²) in [4.78, 5) is 12.6. The van der Waals surface area contributed by atoms with Crippen molar-refractivity contribution in [2.24, 2.45) is 0 Å². The van der Waals surface area contributed by atoms with Gasteiger partial charge in [-0.15, -0.1) is 0 Å². The summed E-state index contributed by atoms with van der Waals surface area (Å²) in [5.41, 5.74) is 1.32. The van der Waals surface area contributed by atoms with Crippen LogP contribution in [0.4, 0.5) is 17.5 Å². The highest BCUT2D eigenvalue weighted by molar-refractivity contribution is 7.90. The largest absolute Gasteiger partial charge is 0.495 e. The zero-order chi connectivity index (χ0) is 20.4. The van der Waals surface area contributed by atoms with Gasteiger partial charge in [-0.25, -0.2) is 8.42 Å². The quantitative estimate of drug-likeness (QED) is 0.561. The highest BCUT2D eigenvalue weighted by Crippen LogP contribution is 2.31. The van der Waals surface area contributed by atoms with E-state index in [1.54, 1.807) is 6.07 Å². The first-order chi connectivity index (χ1) is 13.9. The lowest BCUT2D eigenvalue weighted by atomic mass is 9.95. The number of nitrogens with one attached hydrogen (secondary N) is 3. The van der Waals surface area contributed by atoms with Gasteiger partial charge in [-0.1, -0.05) is 19.3 Å². The number of fused-ring (bicyclic) bond motifs is 1. The molecule has 1 fully saturated rings. The lowest BCUT2D eigenvalue weighted by Gasteiger charge is -2.23. The molecule has 9 heteroatoms. The molecule has 1 aromatic carbocycles. The lowest BCUT2D eigenvalue weighted by molar-refractivity contribution is 0.415. The molecule has 0 spiro atoms. The van der Waals surface area contributed by atoms with Gasteiger partial charge in [0.1, 0.15) is 17.2 Å². The second-order valence-electron chi connectivity index (χ2n) is 7.37. The summed E-state index contributed by atoms with van der Waals surface area (Å²) in [5.74, 6) is 1.60. The predicted octanol–water partition coefficient (Wildman–Crippen LogP) is 3.86. The minimum Gasteiger partial charge on any atom is -0.495 e. The SMILES string of the molecule is COc1cc(S(C)(=O)=O)ccc1Nc1nc(NC2CCCCC2)c2cc[nH]c2n1. The van der Waals surface area contributed by atoms with E-state index in [1.165, 1.54) is 44.8 Å². The van der Waals surface area contributed by atoms with Crippen LogP contribution in [0, 0.1) is 0 Å². The highest BCUT2D eigenvalue weighted by atomic mass is 32.2. The maximum atomic E-state index is 11.8. The van der Waals surface area contributed by atoms with Gasteiger partial charge < -0.3 is 20.4 Å². The number of hydrogen-bond donors (Lipinski definition) is 3. The number of H-pyrrole nitrogens is 1. The maximum Gasteiger partial charge on any atom is 0.231 e. The summed E-state index contributed by atoms with van der Waals surface area (Å²) in [7, 11) is -1.83. The third-order valence-electron chi connectivity index (χ3n) is 5.21. The van der Waals surface area contributed by atoms with Crippen LogP contribution in [0.3, 0.4) is 0 Å². The molecule has 154 valence electrons.